The van der Waals surface area contributed by atoms with Crippen molar-refractivity contribution in [3.63, 3.8) is 0 Å². The summed E-state index contributed by atoms with van der Waals surface area (Å²) in [6.07, 6.45) is 0. The number of hydrogen-bond acceptors (Lipinski definition) is 3. The molecule has 0 bridgehead atoms. The van der Waals surface area contributed by atoms with Crippen LogP contribution in [-0.4, -0.2) is 5.16 Å². The van der Waals surface area contributed by atoms with Gasteiger partial charge in [0.15, 0.2) is 0 Å². The zero-order valence-corrected chi connectivity index (χ0v) is 9.85. The number of nitrogens with zero attached hydrogens (tertiary/aromatic N) is 4. The molecule has 0 atom stereocenters. The fourth-order valence-electron chi connectivity index (χ4n) is 1.43. The number of aromatic nitrogens is 1. The molecule has 0 spiro atoms. The molecule has 0 saturated carbocycles. The highest BCUT2D eigenvalue weighted by Gasteiger charge is 2.07. The van der Waals surface area contributed by atoms with Gasteiger partial charge in [0, 0.05) is 21.6 Å². The highest BCUT2D eigenvalue weighted by Crippen LogP contribution is 2.24. The van der Waals surface area contributed by atoms with Gasteiger partial charge in [0.2, 0.25) is 0 Å². The Labute approximate surface area is 103 Å². The van der Waals surface area contributed by atoms with E-state index in [1.807, 2.05) is 25.1 Å². The van der Waals surface area contributed by atoms with Crippen LogP contribution in [0.15, 0.2) is 33.9 Å². The van der Waals surface area contributed by atoms with Crippen molar-refractivity contribution in [2.45, 2.75) is 13.5 Å². The Hall–Kier alpha value is -1.97. The first-order valence-electron chi connectivity index (χ1n) is 4.93. The van der Waals surface area contributed by atoms with E-state index in [0.29, 0.717) is 16.5 Å². The lowest BCUT2D eigenvalue weighted by Crippen LogP contribution is -1.80. The van der Waals surface area contributed by atoms with Crippen LogP contribution in [-0.2, 0) is 6.54 Å². The second-order valence-corrected chi connectivity index (χ2v) is 3.94. The number of rotatable bonds is 3. The Kier molecular flexibility index (Phi) is 3.32. The van der Waals surface area contributed by atoms with E-state index in [9.17, 15) is 0 Å². The summed E-state index contributed by atoms with van der Waals surface area (Å²) >= 11 is 5.94. The van der Waals surface area contributed by atoms with E-state index in [4.69, 9.17) is 21.7 Å². The molecule has 86 valence electrons. The third-order valence-corrected chi connectivity index (χ3v) is 2.73. The molecular weight excluding hydrogens is 240 g/mol. The Bertz CT molecular complexity index is 587. The number of hydrogen-bond donors (Lipinski definition) is 0. The summed E-state index contributed by atoms with van der Waals surface area (Å²) in [5, 5.41) is 8.03. The van der Waals surface area contributed by atoms with Crippen molar-refractivity contribution in [2.75, 3.05) is 0 Å². The average molecular weight is 249 g/mol. The summed E-state index contributed by atoms with van der Waals surface area (Å²) in [5.74, 6) is 0.533. The predicted octanol–water partition coefficient (Wildman–Crippen LogP) is 4.11. The van der Waals surface area contributed by atoms with E-state index in [0.717, 1.165) is 11.1 Å². The Balaban J connectivity index is 2.30. The Morgan fingerprint density at radius 2 is 2.29 bits per heavy atom. The Morgan fingerprint density at radius 3 is 3.00 bits per heavy atom. The van der Waals surface area contributed by atoms with Gasteiger partial charge in [0.25, 0.3) is 0 Å². The Morgan fingerprint density at radius 1 is 1.47 bits per heavy atom. The molecule has 6 heteroatoms. The van der Waals surface area contributed by atoms with Gasteiger partial charge in [-0.15, -0.1) is 0 Å². The monoisotopic (exact) mass is 248 g/mol. The molecule has 0 aliphatic heterocycles. The fraction of sp³-hybridized carbons (Fsp3) is 0.182. The largest absolute Gasteiger partial charge is 0.361 e. The topological polar surface area (TPSA) is 74.8 Å². The van der Waals surface area contributed by atoms with Crippen molar-refractivity contribution < 1.29 is 4.52 Å². The molecule has 0 radical (unpaired) electrons. The normalized spacial score (nSPS) is 10.0. The molecule has 0 amide bonds. The second kappa shape index (κ2) is 4.91. The third kappa shape index (κ3) is 2.58. The van der Waals surface area contributed by atoms with Crippen molar-refractivity contribution in [1.29, 1.82) is 0 Å². The summed E-state index contributed by atoms with van der Waals surface area (Å²) in [7, 11) is 0. The number of aryl methyl sites for hydroxylation is 1. The summed E-state index contributed by atoms with van der Waals surface area (Å²) in [6.45, 7) is 2.09. The SMILES string of the molecule is Cc1cc(-c2cc(CN=[N+]=[N-])on2)ccc1Cl. The van der Waals surface area contributed by atoms with Crippen LogP contribution in [0.25, 0.3) is 21.7 Å². The van der Waals surface area contributed by atoms with Gasteiger partial charge in [-0.3, -0.25) is 0 Å². The van der Waals surface area contributed by atoms with Gasteiger partial charge in [-0.2, -0.15) is 0 Å². The van der Waals surface area contributed by atoms with Crippen LogP contribution in [0.2, 0.25) is 5.02 Å². The van der Waals surface area contributed by atoms with Crippen LogP contribution in [0, 0.1) is 6.92 Å². The van der Waals surface area contributed by atoms with Crippen molar-refractivity contribution in [3.05, 3.63) is 51.1 Å². The zero-order chi connectivity index (χ0) is 12.3. The van der Waals surface area contributed by atoms with Crippen molar-refractivity contribution in [2.24, 2.45) is 5.11 Å². The fourth-order valence-corrected chi connectivity index (χ4v) is 1.55. The average Bonchev–Trinajstić information content (AvgIpc) is 2.79. The van der Waals surface area contributed by atoms with E-state index in [2.05, 4.69) is 15.2 Å². The molecule has 5 nitrogen and oxygen atoms in total. The first-order chi connectivity index (χ1) is 8.20. The van der Waals surface area contributed by atoms with Gasteiger partial charge >= 0.3 is 0 Å². The second-order valence-electron chi connectivity index (χ2n) is 3.53. The number of benzene rings is 1. The van der Waals surface area contributed by atoms with Crippen molar-refractivity contribution >= 4 is 11.6 Å². The molecule has 0 N–H and O–H groups in total. The third-order valence-electron chi connectivity index (χ3n) is 2.30. The number of azide groups is 1. The molecule has 17 heavy (non-hydrogen) atoms. The summed E-state index contributed by atoms with van der Waals surface area (Å²) in [4.78, 5) is 2.66. The van der Waals surface area contributed by atoms with Crippen LogP contribution < -0.4 is 0 Å². The quantitative estimate of drug-likeness (QED) is 0.466. The van der Waals surface area contributed by atoms with Crippen LogP contribution >= 0.6 is 11.6 Å². The van der Waals surface area contributed by atoms with Gasteiger partial charge in [0.05, 0.1) is 6.54 Å². The van der Waals surface area contributed by atoms with Gasteiger partial charge < -0.3 is 4.52 Å². The molecule has 2 rings (SSSR count). The first-order valence-corrected chi connectivity index (χ1v) is 5.31. The van der Waals surface area contributed by atoms with Gasteiger partial charge in [-0.1, -0.05) is 27.9 Å². The van der Waals surface area contributed by atoms with Crippen LogP contribution in [0.3, 0.4) is 0 Å². The van der Waals surface area contributed by atoms with Crippen LogP contribution in [0.1, 0.15) is 11.3 Å². The van der Waals surface area contributed by atoms with Crippen LogP contribution in [0.5, 0.6) is 0 Å². The molecule has 1 aromatic carbocycles. The lowest BCUT2D eigenvalue weighted by Gasteiger charge is -1.99. The highest BCUT2D eigenvalue weighted by molar-refractivity contribution is 6.31. The number of halogens is 1. The van der Waals surface area contributed by atoms with Crippen molar-refractivity contribution in [1.82, 2.24) is 5.16 Å². The molecule has 2 aromatic rings. The molecule has 1 heterocycles. The maximum Gasteiger partial charge on any atom is 0.143 e. The molecule has 0 unspecified atom stereocenters. The van der Waals surface area contributed by atoms with Crippen LogP contribution in [0.4, 0.5) is 0 Å². The molecule has 0 saturated heterocycles. The van der Waals surface area contributed by atoms with E-state index in [1.165, 1.54) is 0 Å². The first kappa shape index (κ1) is 11.5. The van der Waals surface area contributed by atoms with Gasteiger partial charge in [-0.25, -0.2) is 0 Å². The van der Waals surface area contributed by atoms with E-state index < -0.39 is 0 Å². The smallest absolute Gasteiger partial charge is 0.143 e. The standard InChI is InChI=1S/C11H9ClN4O/c1-7-4-8(2-3-10(7)12)11-5-9(17-15-11)6-14-16-13/h2-5H,6H2,1H3. The maximum absolute atomic E-state index is 8.20. The van der Waals surface area contributed by atoms with Gasteiger partial charge in [-0.05, 0) is 30.2 Å². The lowest BCUT2D eigenvalue weighted by atomic mass is 10.1. The van der Waals surface area contributed by atoms with E-state index in [1.54, 1.807) is 6.07 Å². The minimum atomic E-state index is 0.163. The van der Waals surface area contributed by atoms with Crippen molar-refractivity contribution in [3.8, 4) is 11.3 Å². The lowest BCUT2D eigenvalue weighted by molar-refractivity contribution is 0.387. The predicted molar refractivity (Wildman–Crippen MR) is 64.5 cm³/mol. The zero-order valence-electron chi connectivity index (χ0n) is 9.09. The summed E-state index contributed by atoms with van der Waals surface area (Å²) in [5.41, 5.74) is 10.8. The summed E-state index contributed by atoms with van der Waals surface area (Å²) < 4.78 is 5.04. The summed E-state index contributed by atoms with van der Waals surface area (Å²) in [6, 6.07) is 7.35. The minimum Gasteiger partial charge on any atom is -0.361 e. The van der Waals surface area contributed by atoms with E-state index >= 15 is 0 Å². The molecule has 1 aromatic heterocycles. The van der Waals surface area contributed by atoms with Gasteiger partial charge in [0.1, 0.15) is 11.5 Å². The molecule has 0 fully saturated rings. The maximum atomic E-state index is 8.20. The minimum absolute atomic E-state index is 0.163. The highest BCUT2D eigenvalue weighted by atomic mass is 35.5. The van der Waals surface area contributed by atoms with E-state index in [-0.39, 0.29) is 6.54 Å². The molecular formula is C11H9ClN4O. The molecule has 0 aliphatic carbocycles. The molecule has 0 aliphatic rings.